The molecule has 4 heteroatoms. The van der Waals surface area contributed by atoms with Crippen molar-refractivity contribution in [2.75, 3.05) is 0 Å². The lowest BCUT2D eigenvalue weighted by Crippen LogP contribution is -2.59. The quantitative estimate of drug-likeness (QED) is 0.771. The summed E-state index contributed by atoms with van der Waals surface area (Å²) in [6.45, 7) is 6.56. The summed E-state index contributed by atoms with van der Waals surface area (Å²) in [5.74, 6) is -1.28. The largest absolute Gasteiger partial charge is 0.481 e. The fraction of sp³-hybridized carbons (Fsp3) is 0.562. The molecule has 110 valence electrons. The molecule has 1 fully saturated rings. The third-order valence-electron chi connectivity index (χ3n) is 4.62. The first kappa shape index (κ1) is 15.0. The molecule has 1 aromatic rings. The van der Waals surface area contributed by atoms with Crippen molar-refractivity contribution in [2.24, 2.45) is 5.41 Å². The van der Waals surface area contributed by atoms with Crippen molar-refractivity contribution in [1.29, 1.82) is 0 Å². The summed E-state index contributed by atoms with van der Waals surface area (Å²) < 4.78 is 0. The molecule has 3 unspecified atom stereocenters. The standard InChI is InChI=1S/C16H23NO3/c1-10(15(19)20)12-6-4-11(5-7-12)9-17-13-8-14(18)16(13,2)3/h4-7,10,13-14,17-18H,8-9H2,1-3H3,(H,19,20). The van der Waals surface area contributed by atoms with Gasteiger partial charge in [0.25, 0.3) is 0 Å². The van der Waals surface area contributed by atoms with Gasteiger partial charge in [0, 0.05) is 18.0 Å². The van der Waals surface area contributed by atoms with E-state index in [1.54, 1.807) is 6.92 Å². The fourth-order valence-corrected chi connectivity index (χ4v) is 2.56. The Morgan fingerprint density at radius 1 is 1.40 bits per heavy atom. The van der Waals surface area contributed by atoms with Crippen molar-refractivity contribution in [3.8, 4) is 0 Å². The van der Waals surface area contributed by atoms with Crippen LogP contribution in [0.2, 0.25) is 0 Å². The van der Waals surface area contributed by atoms with Crippen LogP contribution in [0.1, 0.15) is 44.2 Å². The Bertz CT molecular complexity index is 481. The predicted molar refractivity (Wildman–Crippen MR) is 77.5 cm³/mol. The number of aliphatic carboxylic acids is 1. The molecule has 2 rings (SSSR count). The van der Waals surface area contributed by atoms with E-state index >= 15 is 0 Å². The van der Waals surface area contributed by atoms with Crippen LogP contribution in [0.25, 0.3) is 0 Å². The van der Waals surface area contributed by atoms with Crippen molar-refractivity contribution in [1.82, 2.24) is 5.32 Å². The first-order valence-corrected chi connectivity index (χ1v) is 7.05. The van der Waals surface area contributed by atoms with E-state index in [1.165, 1.54) is 0 Å². The average Bonchev–Trinajstić information content (AvgIpc) is 2.43. The summed E-state index contributed by atoms with van der Waals surface area (Å²) in [6, 6.07) is 8.00. The summed E-state index contributed by atoms with van der Waals surface area (Å²) in [5.41, 5.74) is 1.88. The number of aliphatic hydroxyl groups is 1. The monoisotopic (exact) mass is 277 g/mol. The molecule has 4 nitrogen and oxygen atoms in total. The van der Waals surface area contributed by atoms with Crippen LogP contribution in [0.3, 0.4) is 0 Å². The topological polar surface area (TPSA) is 69.6 Å². The van der Waals surface area contributed by atoms with Crippen LogP contribution in [-0.2, 0) is 11.3 Å². The molecule has 0 aliphatic heterocycles. The van der Waals surface area contributed by atoms with Gasteiger partial charge in [0.05, 0.1) is 12.0 Å². The average molecular weight is 277 g/mol. The van der Waals surface area contributed by atoms with Gasteiger partial charge in [-0.25, -0.2) is 0 Å². The molecule has 0 radical (unpaired) electrons. The van der Waals surface area contributed by atoms with Gasteiger partial charge < -0.3 is 15.5 Å². The minimum atomic E-state index is -0.805. The normalized spacial score (nSPS) is 25.8. The van der Waals surface area contributed by atoms with E-state index in [-0.39, 0.29) is 11.5 Å². The fourth-order valence-electron chi connectivity index (χ4n) is 2.56. The highest BCUT2D eigenvalue weighted by Crippen LogP contribution is 2.40. The van der Waals surface area contributed by atoms with Gasteiger partial charge in [-0.05, 0) is 24.5 Å². The van der Waals surface area contributed by atoms with E-state index in [0.29, 0.717) is 6.04 Å². The first-order valence-electron chi connectivity index (χ1n) is 7.05. The third kappa shape index (κ3) is 2.86. The van der Waals surface area contributed by atoms with Crippen molar-refractivity contribution in [3.05, 3.63) is 35.4 Å². The van der Waals surface area contributed by atoms with Gasteiger partial charge in [0.1, 0.15) is 0 Å². The molecule has 3 N–H and O–H groups in total. The number of carbonyl (C=O) groups is 1. The van der Waals surface area contributed by atoms with E-state index in [2.05, 4.69) is 19.2 Å². The van der Waals surface area contributed by atoms with Gasteiger partial charge in [0.2, 0.25) is 0 Å². The third-order valence-corrected chi connectivity index (χ3v) is 4.62. The number of aliphatic hydroxyl groups excluding tert-OH is 1. The Labute approximate surface area is 119 Å². The number of benzene rings is 1. The summed E-state index contributed by atoms with van der Waals surface area (Å²) in [4.78, 5) is 10.9. The lowest BCUT2D eigenvalue weighted by molar-refractivity contribution is -0.138. The highest BCUT2D eigenvalue weighted by Gasteiger charge is 2.46. The zero-order chi connectivity index (χ0) is 14.9. The van der Waals surface area contributed by atoms with E-state index < -0.39 is 11.9 Å². The maximum Gasteiger partial charge on any atom is 0.310 e. The Kier molecular flexibility index (Phi) is 4.16. The number of carboxylic acids is 1. The van der Waals surface area contributed by atoms with Crippen LogP contribution in [0.5, 0.6) is 0 Å². The molecular weight excluding hydrogens is 254 g/mol. The maximum atomic E-state index is 10.9. The highest BCUT2D eigenvalue weighted by atomic mass is 16.4. The number of hydrogen-bond acceptors (Lipinski definition) is 3. The Balaban J connectivity index is 1.90. The summed E-state index contributed by atoms with van der Waals surface area (Å²) in [7, 11) is 0. The van der Waals surface area contributed by atoms with E-state index in [9.17, 15) is 9.90 Å². The zero-order valence-electron chi connectivity index (χ0n) is 12.3. The molecule has 0 amide bonds. The molecule has 20 heavy (non-hydrogen) atoms. The molecule has 0 saturated heterocycles. The minimum Gasteiger partial charge on any atom is -0.481 e. The predicted octanol–water partition coefficient (Wildman–Crippen LogP) is 2.12. The molecule has 0 bridgehead atoms. The molecule has 0 aromatic heterocycles. The van der Waals surface area contributed by atoms with Gasteiger partial charge in [-0.3, -0.25) is 4.79 Å². The maximum absolute atomic E-state index is 10.9. The van der Waals surface area contributed by atoms with Gasteiger partial charge in [-0.1, -0.05) is 38.1 Å². The smallest absolute Gasteiger partial charge is 0.310 e. The highest BCUT2D eigenvalue weighted by molar-refractivity contribution is 5.75. The van der Waals surface area contributed by atoms with Gasteiger partial charge in [0.15, 0.2) is 0 Å². The van der Waals surface area contributed by atoms with Crippen LogP contribution in [0, 0.1) is 5.41 Å². The zero-order valence-corrected chi connectivity index (χ0v) is 12.3. The van der Waals surface area contributed by atoms with Crippen molar-refractivity contribution in [3.63, 3.8) is 0 Å². The molecule has 0 heterocycles. The second-order valence-electron chi connectivity index (χ2n) is 6.31. The van der Waals surface area contributed by atoms with Gasteiger partial charge in [-0.2, -0.15) is 0 Å². The lowest BCUT2D eigenvalue weighted by atomic mass is 9.64. The summed E-state index contributed by atoms with van der Waals surface area (Å²) >= 11 is 0. The van der Waals surface area contributed by atoms with Crippen molar-refractivity contribution in [2.45, 2.75) is 51.8 Å². The molecular formula is C16H23NO3. The molecule has 1 aliphatic carbocycles. The van der Waals surface area contributed by atoms with Gasteiger partial charge >= 0.3 is 5.97 Å². The van der Waals surface area contributed by atoms with Crippen molar-refractivity contribution < 1.29 is 15.0 Å². The van der Waals surface area contributed by atoms with Crippen LogP contribution in [0.15, 0.2) is 24.3 Å². The number of rotatable bonds is 5. The number of nitrogens with one attached hydrogen (secondary N) is 1. The second-order valence-corrected chi connectivity index (χ2v) is 6.31. The second kappa shape index (κ2) is 5.54. The van der Waals surface area contributed by atoms with Crippen LogP contribution in [-0.4, -0.2) is 28.3 Å². The van der Waals surface area contributed by atoms with E-state index in [1.807, 2.05) is 24.3 Å². The van der Waals surface area contributed by atoms with Gasteiger partial charge in [-0.15, -0.1) is 0 Å². The molecule has 0 spiro atoms. The molecule has 1 aliphatic rings. The van der Waals surface area contributed by atoms with E-state index in [4.69, 9.17) is 5.11 Å². The van der Waals surface area contributed by atoms with Crippen LogP contribution < -0.4 is 5.32 Å². The molecule has 3 atom stereocenters. The Morgan fingerprint density at radius 3 is 2.45 bits per heavy atom. The molecule has 1 saturated carbocycles. The molecule has 1 aromatic carbocycles. The lowest BCUT2D eigenvalue weighted by Gasteiger charge is -2.49. The van der Waals surface area contributed by atoms with E-state index in [0.717, 1.165) is 24.1 Å². The summed E-state index contributed by atoms with van der Waals surface area (Å²) in [6.07, 6.45) is 0.569. The SMILES string of the molecule is CC(C(=O)O)c1ccc(CNC2CC(O)C2(C)C)cc1. The summed E-state index contributed by atoms with van der Waals surface area (Å²) in [5, 5.41) is 22.1. The van der Waals surface area contributed by atoms with Crippen LogP contribution in [0.4, 0.5) is 0 Å². The van der Waals surface area contributed by atoms with Crippen molar-refractivity contribution >= 4 is 5.97 Å². The Hall–Kier alpha value is -1.39. The van der Waals surface area contributed by atoms with Crippen LogP contribution >= 0.6 is 0 Å². The first-order chi connectivity index (χ1) is 9.32. The number of carboxylic acid groups (broad SMARTS) is 1. The Morgan fingerprint density at radius 2 is 2.00 bits per heavy atom. The minimum absolute atomic E-state index is 0.0717. The number of hydrogen-bond donors (Lipinski definition) is 3.